The maximum atomic E-state index is 13.2. The molecule has 0 aromatic heterocycles. The Balaban J connectivity index is 1.38. The minimum absolute atomic E-state index is 0.0606. The zero-order chi connectivity index (χ0) is 40.6. The molecule has 0 radical (unpaired) electrons. The summed E-state index contributed by atoms with van der Waals surface area (Å²) in [6.07, 6.45) is 5.79. The molecule has 4 amide bonds. The van der Waals surface area contributed by atoms with Gasteiger partial charge in [0.1, 0.15) is 0 Å². The normalized spacial score (nSPS) is 14.6. The molecule has 0 atom stereocenters. The van der Waals surface area contributed by atoms with Crippen molar-refractivity contribution in [3.8, 4) is 22.3 Å². The highest BCUT2D eigenvalue weighted by molar-refractivity contribution is 7.99. The molecule has 0 unspecified atom stereocenters. The van der Waals surface area contributed by atoms with Crippen molar-refractivity contribution in [2.24, 2.45) is 0 Å². The standard InChI is InChI=1S/C42H40N6O8S/c1-29(49)43-21-25-45(26-22-43)37(51)19-15-33-13-17-35(41(47(53)54)39(33)31-9-5-3-6-10-31)57-36-18-14-34(40(42(36)48(55)56)32-11-7-4-8-12-32)16-20-38(52)46-27-23-44(24-28-46)30(2)50/h3-20H,21-28H2,1-2H3. The van der Waals surface area contributed by atoms with Gasteiger partial charge in [0.05, 0.1) is 30.8 Å². The lowest BCUT2D eigenvalue weighted by Gasteiger charge is -2.33. The van der Waals surface area contributed by atoms with Gasteiger partial charge in [-0.15, -0.1) is 0 Å². The third-order valence-corrected chi connectivity index (χ3v) is 11.0. The van der Waals surface area contributed by atoms with Crippen LogP contribution in [0.15, 0.2) is 107 Å². The average Bonchev–Trinajstić information content (AvgIpc) is 3.22. The Morgan fingerprint density at radius 3 is 1.18 bits per heavy atom. The van der Waals surface area contributed by atoms with Crippen LogP contribution in [-0.2, 0) is 19.2 Å². The van der Waals surface area contributed by atoms with Gasteiger partial charge in [-0.05, 0) is 46.5 Å². The minimum atomic E-state index is -0.520. The molecule has 15 heteroatoms. The van der Waals surface area contributed by atoms with Crippen LogP contribution in [0.2, 0.25) is 0 Å². The summed E-state index contributed by atoms with van der Waals surface area (Å²) in [6.45, 7) is 6.06. The van der Waals surface area contributed by atoms with Gasteiger partial charge < -0.3 is 19.6 Å². The molecule has 2 saturated heterocycles. The van der Waals surface area contributed by atoms with Crippen molar-refractivity contribution in [1.29, 1.82) is 0 Å². The van der Waals surface area contributed by atoms with Gasteiger partial charge in [-0.1, -0.05) is 84.6 Å². The van der Waals surface area contributed by atoms with E-state index in [0.29, 0.717) is 74.6 Å². The second kappa shape index (κ2) is 17.9. The van der Waals surface area contributed by atoms with Gasteiger partial charge in [-0.25, -0.2) is 0 Å². The van der Waals surface area contributed by atoms with Crippen LogP contribution < -0.4 is 0 Å². The number of carbonyl (C=O) groups excluding carboxylic acids is 4. The maximum Gasteiger partial charge on any atom is 0.291 e. The smallest absolute Gasteiger partial charge is 0.291 e. The number of hydrogen-bond acceptors (Lipinski definition) is 9. The molecule has 14 nitrogen and oxygen atoms in total. The van der Waals surface area contributed by atoms with Crippen LogP contribution in [0.5, 0.6) is 0 Å². The quantitative estimate of drug-likeness (QED) is 0.100. The summed E-state index contributed by atoms with van der Waals surface area (Å²) in [6, 6.07) is 23.8. The Hall–Kier alpha value is -6.61. The molecular weight excluding hydrogens is 749 g/mol. The number of hydrogen-bond donors (Lipinski definition) is 0. The van der Waals surface area contributed by atoms with E-state index in [-0.39, 0.29) is 55.9 Å². The van der Waals surface area contributed by atoms with Gasteiger partial charge in [0.15, 0.2) is 0 Å². The van der Waals surface area contributed by atoms with E-state index in [4.69, 9.17) is 0 Å². The van der Waals surface area contributed by atoms with Crippen LogP contribution in [0.4, 0.5) is 11.4 Å². The third kappa shape index (κ3) is 9.27. The van der Waals surface area contributed by atoms with Crippen molar-refractivity contribution in [2.75, 3.05) is 52.4 Å². The minimum Gasteiger partial charge on any atom is -0.339 e. The average molecular weight is 789 g/mol. The van der Waals surface area contributed by atoms with Gasteiger partial charge in [-0.2, -0.15) is 0 Å². The molecule has 292 valence electrons. The highest BCUT2D eigenvalue weighted by atomic mass is 32.2. The molecule has 0 N–H and O–H groups in total. The van der Waals surface area contributed by atoms with Crippen molar-refractivity contribution in [1.82, 2.24) is 19.6 Å². The van der Waals surface area contributed by atoms with Crippen LogP contribution in [0.1, 0.15) is 25.0 Å². The number of piperazine rings is 2. The Kier molecular flexibility index (Phi) is 12.6. The van der Waals surface area contributed by atoms with Gasteiger partial charge in [-0.3, -0.25) is 39.4 Å². The molecule has 2 aliphatic heterocycles. The third-order valence-electron chi connectivity index (χ3n) is 9.94. The number of amides is 4. The van der Waals surface area contributed by atoms with Crippen LogP contribution >= 0.6 is 11.8 Å². The Morgan fingerprint density at radius 2 is 0.860 bits per heavy atom. The van der Waals surface area contributed by atoms with Crippen LogP contribution in [-0.4, -0.2) is 105 Å². The summed E-state index contributed by atoms with van der Waals surface area (Å²) in [5, 5.41) is 26.0. The topological polar surface area (TPSA) is 168 Å². The van der Waals surface area contributed by atoms with Gasteiger partial charge >= 0.3 is 0 Å². The summed E-state index contributed by atoms with van der Waals surface area (Å²) in [5.74, 6) is -0.716. The van der Waals surface area contributed by atoms with Crippen LogP contribution in [0, 0.1) is 20.2 Å². The molecule has 2 heterocycles. The molecule has 4 aromatic rings. The van der Waals surface area contributed by atoms with E-state index in [1.165, 1.54) is 50.3 Å². The number of carbonyl (C=O) groups is 4. The lowest BCUT2D eigenvalue weighted by Crippen LogP contribution is -2.49. The highest BCUT2D eigenvalue weighted by Gasteiger charge is 2.30. The maximum absolute atomic E-state index is 13.2. The molecule has 4 aromatic carbocycles. The van der Waals surface area contributed by atoms with Crippen molar-refractivity contribution >= 4 is 58.9 Å². The van der Waals surface area contributed by atoms with Crippen LogP contribution in [0.25, 0.3) is 34.4 Å². The molecule has 2 aliphatic rings. The van der Waals surface area contributed by atoms with Gasteiger partial charge in [0.25, 0.3) is 11.4 Å². The van der Waals surface area contributed by atoms with E-state index in [2.05, 4.69) is 0 Å². The van der Waals surface area contributed by atoms with Gasteiger partial charge in [0.2, 0.25) is 23.6 Å². The predicted octanol–water partition coefficient (Wildman–Crippen LogP) is 6.40. The Bertz CT molecular complexity index is 2110. The number of nitrogens with zero attached hydrogens (tertiary/aromatic N) is 6. The monoisotopic (exact) mass is 788 g/mol. The fourth-order valence-electron chi connectivity index (χ4n) is 6.93. The fourth-order valence-corrected chi connectivity index (χ4v) is 7.99. The summed E-state index contributed by atoms with van der Waals surface area (Å²) in [4.78, 5) is 81.7. The lowest BCUT2D eigenvalue weighted by molar-refractivity contribution is -0.387. The van der Waals surface area contributed by atoms with E-state index < -0.39 is 9.85 Å². The second-order valence-corrected chi connectivity index (χ2v) is 14.5. The van der Waals surface area contributed by atoms with Crippen molar-refractivity contribution in [2.45, 2.75) is 23.6 Å². The van der Waals surface area contributed by atoms with E-state index in [0.717, 1.165) is 11.8 Å². The summed E-state index contributed by atoms with van der Waals surface area (Å²) in [7, 11) is 0. The summed E-state index contributed by atoms with van der Waals surface area (Å²) < 4.78 is 0. The molecule has 6 rings (SSSR count). The first-order valence-electron chi connectivity index (χ1n) is 18.3. The Labute approximate surface area is 333 Å². The SMILES string of the molecule is CC(=O)N1CCN(C(=O)C=Cc2ccc(Sc3ccc(C=CC(=O)N4CCN(C(C)=O)CC4)c(-c4ccccc4)c3[N+](=O)[O-])c([N+](=O)[O-])c2-c2ccccc2)CC1. The van der Waals surface area contributed by atoms with Crippen molar-refractivity contribution < 1.29 is 29.0 Å². The molecule has 0 saturated carbocycles. The van der Waals surface area contributed by atoms with E-state index in [1.807, 2.05) is 0 Å². The number of nitro groups is 2. The molecule has 2 fully saturated rings. The lowest BCUT2D eigenvalue weighted by atomic mass is 9.97. The summed E-state index contributed by atoms with van der Waals surface area (Å²) in [5.41, 5.74) is 1.74. The summed E-state index contributed by atoms with van der Waals surface area (Å²) >= 11 is 0.886. The number of benzene rings is 4. The Morgan fingerprint density at radius 1 is 0.526 bits per heavy atom. The largest absolute Gasteiger partial charge is 0.339 e. The second-order valence-electron chi connectivity index (χ2n) is 13.4. The van der Waals surface area contributed by atoms with Gasteiger partial charge in [0, 0.05) is 78.4 Å². The predicted molar refractivity (Wildman–Crippen MR) is 217 cm³/mol. The van der Waals surface area contributed by atoms with E-state index in [1.54, 1.807) is 92.4 Å². The first-order chi connectivity index (χ1) is 27.4. The number of nitro benzene ring substituents is 2. The van der Waals surface area contributed by atoms with Crippen molar-refractivity contribution in [3.05, 3.63) is 128 Å². The zero-order valence-electron chi connectivity index (χ0n) is 31.4. The fraction of sp³-hybridized carbons (Fsp3) is 0.238. The zero-order valence-corrected chi connectivity index (χ0v) is 32.2. The molecular formula is C42H40N6O8S. The first-order valence-corrected chi connectivity index (χ1v) is 19.1. The van der Waals surface area contributed by atoms with E-state index in [9.17, 15) is 39.4 Å². The molecule has 0 aliphatic carbocycles. The van der Waals surface area contributed by atoms with E-state index >= 15 is 0 Å². The molecule has 0 spiro atoms. The number of rotatable bonds is 10. The van der Waals surface area contributed by atoms with Crippen LogP contribution in [0.3, 0.4) is 0 Å². The highest BCUT2D eigenvalue weighted by Crippen LogP contribution is 2.48. The molecule has 0 bridgehead atoms. The molecule has 57 heavy (non-hydrogen) atoms. The first kappa shape index (κ1) is 40.1. The van der Waals surface area contributed by atoms with Crippen molar-refractivity contribution in [3.63, 3.8) is 0 Å².